The molecule has 11 heteroatoms. The second-order valence-electron chi connectivity index (χ2n) is 10.1. The highest BCUT2D eigenvalue weighted by Gasteiger charge is 2.34. The minimum Gasteiger partial charge on any atom is -0.352 e. The van der Waals surface area contributed by atoms with E-state index in [-0.39, 0.29) is 30.6 Å². The number of nitrogens with one attached hydrogen (secondary N) is 1. The molecule has 1 aliphatic carbocycles. The number of aryl methyl sites for hydroxylation is 1. The van der Waals surface area contributed by atoms with Crippen molar-refractivity contribution in [1.82, 2.24) is 10.2 Å². The van der Waals surface area contributed by atoms with Gasteiger partial charge in [-0.1, -0.05) is 62.1 Å². The Labute approximate surface area is 228 Å². The van der Waals surface area contributed by atoms with Crippen molar-refractivity contribution in [1.29, 1.82) is 0 Å². The van der Waals surface area contributed by atoms with Crippen molar-refractivity contribution in [2.45, 2.75) is 77.2 Å². The first-order valence-electron chi connectivity index (χ1n) is 13.1. The Hall–Kier alpha value is -3.08. The van der Waals surface area contributed by atoms with Crippen LogP contribution in [-0.2, 0) is 32.3 Å². The van der Waals surface area contributed by atoms with E-state index in [0.717, 1.165) is 61.6 Å². The quantitative estimate of drug-likeness (QED) is 0.436. The summed E-state index contributed by atoms with van der Waals surface area (Å²) in [4.78, 5) is 28.5. The standard InChI is InChI=1S/C28H36F3N3O4S/c1-4-25(27(36)32-23-13-6-5-7-14-23)33(18-21-11-8-10-20(2)16-21)26(35)19-34(39(3,37)38)24-15-9-12-22(17-24)28(29,30)31/h8-12,15-17,23,25H,4-7,13-14,18-19H2,1-3H3,(H,32,36). The van der Waals surface area contributed by atoms with E-state index >= 15 is 0 Å². The number of carbonyl (C=O) groups excluding carboxylic acids is 2. The number of hydrogen-bond donors (Lipinski definition) is 1. The molecule has 1 fully saturated rings. The topological polar surface area (TPSA) is 86.8 Å². The third kappa shape index (κ3) is 8.45. The molecule has 1 atom stereocenters. The van der Waals surface area contributed by atoms with E-state index in [2.05, 4.69) is 5.32 Å². The van der Waals surface area contributed by atoms with Gasteiger partial charge in [0.15, 0.2) is 0 Å². The first kappa shape index (κ1) is 30.5. The average molecular weight is 568 g/mol. The predicted octanol–water partition coefficient (Wildman–Crippen LogP) is 5.04. The fraction of sp³-hybridized carbons (Fsp3) is 0.500. The summed E-state index contributed by atoms with van der Waals surface area (Å²) in [7, 11) is -4.15. The Bertz CT molecular complexity index is 1260. The number of halogens is 3. The number of rotatable bonds is 10. The molecule has 1 aliphatic rings. The molecule has 7 nitrogen and oxygen atoms in total. The highest BCUT2D eigenvalue weighted by atomic mass is 32.2. The smallest absolute Gasteiger partial charge is 0.352 e. The third-order valence-electron chi connectivity index (χ3n) is 6.91. The molecule has 0 aromatic heterocycles. The molecule has 0 aliphatic heterocycles. The summed E-state index contributed by atoms with van der Waals surface area (Å²) < 4.78 is 66.0. The van der Waals surface area contributed by atoms with E-state index in [1.807, 2.05) is 25.1 Å². The molecule has 0 heterocycles. The normalized spacial score (nSPS) is 15.4. The van der Waals surface area contributed by atoms with Gasteiger partial charge in [-0.25, -0.2) is 8.42 Å². The van der Waals surface area contributed by atoms with Gasteiger partial charge < -0.3 is 10.2 Å². The van der Waals surface area contributed by atoms with E-state index < -0.39 is 40.3 Å². The van der Waals surface area contributed by atoms with Crippen molar-refractivity contribution < 1.29 is 31.2 Å². The molecule has 2 amide bonds. The van der Waals surface area contributed by atoms with Gasteiger partial charge in [-0.05, 0) is 49.9 Å². The first-order valence-corrected chi connectivity index (χ1v) is 14.9. The number of amides is 2. The average Bonchev–Trinajstić information content (AvgIpc) is 2.86. The summed E-state index contributed by atoms with van der Waals surface area (Å²) in [6, 6.07) is 10.3. The van der Waals surface area contributed by atoms with Gasteiger partial charge in [-0.2, -0.15) is 13.2 Å². The zero-order valence-electron chi connectivity index (χ0n) is 22.5. The third-order valence-corrected chi connectivity index (χ3v) is 8.05. The van der Waals surface area contributed by atoms with Gasteiger partial charge in [-0.15, -0.1) is 0 Å². The lowest BCUT2D eigenvalue weighted by molar-refractivity contribution is -0.140. The van der Waals surface area contributed by atoms with Crippen LogP contribution in [0.2, 0.25) is 0 Å². The maximum Gasteiger partial charge on any atom is 0.416 e. The number of alkyl halides is 3. The molecule has 0 bridgehead atoms. The van der Waals surface area contributed by atoms with Crippen LogP contribution in [0.5, 0.6) is 0 Å². The minimum absolute atomic E-state index is 0.00819. The summed E-state index contributed by atoms with van der Waals surface area (Å²) in [6.45, 7) is 2.95. The Kier molecular flexibility index (Phi) is 10.0. The molecule has 1 saturated carbocycles. The Balaban J connectivity index is 1.95. The van der Waals surface area contributed by atoms with Crippen molar-refractivity contribution in [3.05, 3.63) is 65.2 Å². The van der Waals surface area contributed by atoms with E-state index in [4.69, 9.17) is 0 Å². The highest BCUT2D eigenvalue weighted by molar-refractivity contribution is 7.92. The van der Waals surface area contributed by atoms with Crippen molar-refractivity contribution in [3.63, 3.8) is 0 Å². The number of sulfonamides is 1. The molecule has 39 heavy (non-hydrogen) atoms. The van der Waals surface area contributed by atoms with Crippen molar-refractivity contribution in [2.75, 3.05) is 17.1 Å². The zero-order chi connectivity index (χ0) is 28.8. The highest BCUT2D eigenvalue weighted by Crippen LogP contribution is 2.32. The van der Waals surface area contributed by atoms with Crippen LogP contribution in [0.15, 0.2) is 48.5 Å². The lowest BCUT2D eigenvalue weighted by atomic mass is 9.95. The summed E-state index contributed by atoms with van der Waals surface area (Å²) in [5.74, 6) is -1.01. The zero-order valence-corrected chi connectivity index (χ0v) is 23.3. The van der Waals surface area contributed by atoms with Crippen LogP contribution in [0.25, 0.3) is 0 Å². The second-order valence-corrected chi connectivity index (χ2v) is 12.0. The summed E-state index contributed by atoms with van der Waals surface area (Å²) in [5, 5.41) is 3.05. The predicted molar refractivity (Wildman–Crippen MR) is 144 cm³/mol. The molecule has 0 spiro atoms. The number of benzene rings is 2. The van der Waals surface area contributed by atoms with Crippen LogP contribution < -0.4 is 9.62 Å². The molecule has 0 saturated heterocycles. The second kappa shape index (κ2) is 12.8. The number of anilines is 1. The van der Waals surface area contributed by atoms with Crippen molar-refractivity contribution in [3.8, 4) is 0 Å². The van der Waals surface area contributed by atoms with E-state index in [9.17, 15) is 31.2 Å². The van der Waals surface area contributed by atoms with Gasteiger partial charge in [-0.3, -0.25) is 13.9 Å². The Morgan fingerprint density at radius 2 is 1.72 bits per heavy atom. The molecule has 1 N–H and O–H groups in total. The van der Waals surface area contributed by atoms with Gasteiger partial charge in [0.25, 0.3) is 0 Å². The molecule has 214 valence electrons. The van der Waals surface area contributed by atoms with Gasteiger partial charge in [0.2, 0.25) is 21.8 Å². The van der Waals surface area contributed by atoms with Crippen LogP contribution in [0.1, 0.15) is 62.1 Å². The molecule has 1 unspecified atom stereocenters. The maximum atomic E-state index is 13.8. The monoisotopic (exact) mass is 567 g/mol. The number of nitrogens with zero attached hydrogens (tertiary/aromatic N) is 2. The first-order chi connectivity index (χ1) is 18.3. The Morgan fingerprint density at radius 1 is 1.05 bits per heavy atom. The van der Waals surface area contributed by atoms with Crippen LogP contribution in [0.4, 0.5) is 18.9 Å². The molecular weight excluding hydrogens is 531 g/mol. The van der Waals surface area contributed by atoms with Crippen LogP contribution in [0, 0.1) is 6.92 Å². The SMILES string of the molecule is CCC(C(=O)NC1CCCCC1)N(Cc1cccc(C)c1)C(=O)CN(c1cccc(C(F)(F)F)c1)S(C)(=O)=O. The summed E-state index contributed by atoms with van der Waals surface area (Å²) >= 11 is 0. The fourth-order valence-corrected chi connectivity index (χ4v) is 5.76. The lowest BCUT2D eigenvalue weighted by Crippen LogP contribution is -2.54. The molecule has 0 radical (unpaired) electrons. The van der Waals surface area contributed by atoms with Gasteiger partial charge in [0.1, 0.15) is 12.6 Å². The van der Waals surface area contributed by atoms with Crippen molar-refractivity contribution >= 4 is 27.5 Å². The summed E-state index contributed by atoms with van der Waals surface area (Å²) in [6.07, 6.45) is 1.25. The Morgan fingerprint density at radius 3 is 2.31 bits per heavy atom. The van der Waals surface area contributed by atoms with E-state index in [0.29, 0.717) is 10.4 Å². The largest absolute Gasteiger partial charge is 0.416 e. The van der Waals surface area contributed by atoms with Gasteiger partial charge >= 0.3 is 6.18 Å². The number of carbonyl (C=O) groups is 2. The maximum absolute atomic E-state index is 13.8. The van der Waals surface area contributed by atoms with E-state index in [1.54, 1.807) is 13.0 Å². The van der Waals surface area contributed by atoms with Gasteiger partial charge in [0, 0.05) is 12.6 Å². The molecule has 2 aromatic rings. The van der Waals surface area contributed by atoms with Crippen molar-refractivity contribution in [2.24, 2.45) is 0 Å². The number of hydrogen-bond acceptors (Lipinski definition) is 4. The molecule has 2 aromatic carbocycles. The fourth-order valence-electron chi connectivity index (χ4n) is 4.92. The van der Waals surface area contributed by atoms with Crippen LogP contribution in [-0.4, -0.2) is 50.0 Å². The van der Waals surface area contributed by atoms with E-state index in [1.165, 1.54) is 11.0 Å². The van der Waals surface area contributed by atoms with Gasteiger partial charge in [0.05, 0.1) is 17.5 Å². The summed E-state index contributed by atoms with van der Waals surface area (Å²) in [5.41, 5.74) is 0.380. The lowest BCUT2D eigenvalue weighted by Gasteiger charge is -2.34. The van der Waals surface area contributed by atoms with Crippen LogP contribution in [0.3, 0.4) is 0 Å². The molecular formula is C28H36F3N3O4S. The van der Waals surface area contributed by atoms with Crippen LogP contribution >= 0.6 is 0 Å². The molecule has 3 rings (SSSR count). The minimum atomic E-state index is -4.69.